The highest BCUT2D eigenvalue weighted by molar-refractivity contribution is 5.98. The van der Waals surface area contributed by atoms with Crippen molar-refractivity contribution in [2.75, 3.05) is 7.11 Å². The SMILES string of the molecule is COc1ccc([N+](=O)[O-])cc1C(=O)N/N=C\c1ccc(-c2ccc([N+](=O)[O-])cc2)o1. The van der Waals surface area contributed by atoms with Gasteiger partial charge in [-0.1, -0.05) is 0 Å². The van der Waals surface area contributed by atoms with Gasteiger partial charge < -0.3 is 9.15 Å². The van der Waals surface area contributed by atoms with Crippen molar-refractivity contribution in [1.29, 1.82) is 0 Å². The lowest BCUT2D eigenvalue weighted by atomic mass is 10.1. The van der Waals surface area contributed by atoms with Gasteiger partial charge in [0, 0.05) is 29.8 Å². The topological polar surface area (TPSA) is 150 Å². The fraction of sp³-hybridized carbons (Fsp3) is 0.0526. The van der Waals surface area contributed by atoms with E-state index in [1.54, 1.807) is 24.3 Å². The van der Waals surface area contributed by atoms with Crippen LogP contribution in [0.4, 0.5) is 11.4 Å². The maximum atomic E-state index is 12.3. The number of benzene rings is 2. The number of nitro benzene ring substituents is 2. The molecular weight excluding hydrogens is 396 g/mol. The maximum absolute atomic E-state index is 12.3. The molecule has 1 heterocycles. The van der Waals surface area contributed by atoms with E-state index in [0.717, 1.165) is 6.07 Å². The molecule has 30 heavy (non-hydrogen) atoms. The summed E-state index contributed by atoms with van der Waals surface area (Å²) in [6.45, 7) is 0. The van der Waals surface area contributed by atoms with E-state index < -0.39 is 15.8 Å². The quantitative estimate of drug-likeness (QED) is 0.355. The van der Waals surface area contributed by atoms with Gasteiger partial charge in [0.05, 0.1) is 28.7 Å². The standard InChI is InChI=1S/C19H14N4O7/c1-29-18-8-6-14(23(27)28)10-16(18)19(24)21-20-11-15-7-9-17(30-15)12-2-4-13(5-3-12)22(25)26/h2-11H,1H3,(H,21,24)/b20-11-. The molecule has 0 atom stereocenters. The first-order valence-electron chi connectivity index (χ1n) is 8.39. The monoisotopic (exact) mass is 410 g/mol. The zero-order valence-electron chi connectivity index (χ0n) is 15.5. The molecule has 1 aromatic heterocycles. The Bertz CT molecular complexity index is 1140. The van der Waals surface area contributed by atoms with Crippen molar-refractivity contribution in [3.63, 3.8) is 0 Å². The molecule has 0 aliphatic carbocycles. The van der Waals surface area contributed by atoms with Crippen molar-refractivity contribution in [3.05, 3.63) is 86.1 Å². The van der Waals surface area contributed by atoms with Gasteiger partial charge in [-0.15, -0.1) is 0 Å². The third kappa shape index (κ3) is 4.47. The van der Waals surface area contributed by atoms with Gasteiger partial charge in [-0.05, 0) is 30.3 Å². The first-order valence-corrected chi connectivity index (χ1v) is 8.39. The van der Waals surface area contributed by atoms with Crippen molar-refractivity contribution in [2.45, 2.75) is 0 Å². The van der Waals surface area contributed by atoms with E-state index in [0.29, 0.717) is 17.1 Å². The average molecular weight is 410 g/mol. The maximum Gasteiger partial charge on any atom is 0.275 e. The minimum Gasteiger partial charge on any atom is -0.496 e. The molecule has 0 aliphatic rings. The zero-order valence-corrected chi connectivity index (χ0v) is 15.5. The average Bonchev–Trinajstić information content (AvgIpc) is 3.22. The summed E-state index contributed by atoms with van der Waals surface area (Å²) in [4.78, 5) is 32.8. The first kappa shape index (κ1) is 20.2. The summed E-state index contributed by atoms with van der Waals surface area (Å²) in [7, 11) is 1.34. The van der Waals surface area contributed by atoms with Crippen LogP contribution in [0.25, 0.3) is 11.3 Å². The van der Waals surface area contributed by atoms with E-state index in [-0.39, 0.29) is 22.7 Å². The smallest absolute Gasteiger partial charge is 0.275 e. The molecule has 0 aliphatic heterocycles. The van der Waals surface area contributed by atoms with Crippen LogP contribution >= 0.6 is 0 Å². The minimum atomic E-state index is -0.700. The predicted octanol–water partition coefficient (Wildman–Crippen LogP) is 3.54. The van der Waals surface area contributed by atoms with Crippen LogP contribution in [0.15, 0.2) is 64.1 Å². The van der Waals surface area contributed by atoms with Gasteiger partial charge in [0.25, 0.3) is 17.3 Å². The Morgan fingerprint density at radius 2 is 1.70 bits per heavy atom. The molecule has 0 radical (unpaired) electrons. The number of nitro groups is 2. The lowest BCUT2D eigenvalue weighted by Crippen LogP contribution is -2.18. The van der Waals surface area contributed by atoms with E-state index in [9.17, 15) is 25.0 Å². The van der Waals surface area contributed by atoms with Gasteiger partial charge in [0.15, 0.2) is 0 Å². The van der Waals surface area contributed by atoms with Crippen LogP contribution in [0.2, 0.25) is 0 Å². The van der Waals surface area contributed by atoms with Crippen LogP contribution in [0.1, 0.15) is 16.1 Å². The Kier molecular flexibility index (Phi) is 5.82. The molecule has 0 bridgehead atoms. The van der Waals surface area contributed by atoms with Crippen molar-refractivity contribution >= 4 is 23.5 Å². The molecular formula is C19H14N4O7. The molecule has 0 saturated carbocycles. The van der Waals surface area contributed by atoms with Crippen LogP contribution in [-0.4, -0.2) is 29.1 Å². The number of rotatable bonds is 7. The highest BCUT2D eigenvalue weighted by Gasteiger charge is 2.17. The molecule has 0 spiro atoms. The fourth-order valence-corrected chi connectivity index (χ4v) is 2.53. The van der Waals surface area contributed by atoms with Gasteiger partial charge in [0.2, 0.25) is 0 Å². The summed E-state index contributed by atoms with van der Waals surface area (Å²) < 4.78 is 10.6. The first-order chi connectivity index (χ1) is 14.4. The Morgan fingerprint density at radius 3 is 2.33 bits per heavy atom. The van der Waals surface area contributed by atoms with Crippen LogP contribution in [-0.2, 0) is 0 Å². The molecule has 0 unspecified atom stereocenters. The molecule has 0 fully saturated rings. The number of nitrogens with zero attached hydrogens (tertiary/aromatic N) is 3. The number of hydrogen-bond donors (Lipinski definition) is 1. The van der Waals surface area contributed by atoms with Crippen molar-refractivity contribution in [3.8, 4) is 17.1 Å². The van der Waals surface area contributed by atoms with Gasteiger partial charge in [-0.3, -0.25) is 25.0 Å². The van der Waals surface area contributed by atoms with E-state index in [1.165, 1.54) is 37.6 Å². The summed E-state index contributed by atoms with van der Waals surface area (Å²) in [5, 5.41) is 25.4. The zero-order chi connectivity index (χ0) is 21.7. The predicted molar refractivity (Wildman–Crippen MR) is 106 cm³/mol. The molecule has 0 saturated heterocycles. The van der Waals surface area contributed by atoms with Crippen LogP contribution in [0.3, 0.4) is 0 Å². The van der Waals surface area contributed by atoms with E-state index in [4.69, 9.17) is 9.15 Å². The Labute approximate surface area is 168 Å². The highest BCUT2D eigenvalue weighted by Crippen LogP contribution is 2.25. The summed E-state index contributed by atoms with van der Waals surface area (Å²) in [5.74, 6) is 0.230. The molecule has 1 amide bonds. The van der Waals surface area contributed by atoms with Crippen molar-refractivity contribution in [2.24, 2.45) is 5.10 Å². The number of amides is 1. The molecule has 3 aromatic rings. The third-order valence-corrected chi connectivity index (χ3v) is 3.99. The summed E-state index contributed by atoms with van der Waals surface area (Å²) in [6, 6.07) is 12.7. The van der Waals surface area contributed by atoms with Crippen LogP contribution < -0.4 is 10.2 Å². The van der Waals surface area contributed by atoms with Gasteiger partial charge in [-0.25, -0.2) is 5.43 Å². The molecule has 3 rings (SSSR count). The number of methoxy groups -OCH3 is 1. The summed E-state index contributed by atoms with van der Waals surface area (Å²) in [6.07, 6.45) is 1.25. The highest BCUT2D eigenvalue weighted by atomic mass is 16.6. The van der Waals surface area contributed by atoms with Crippen molar-refractivity contribution < 1.29 is 23.8 Å². The lowest BCUT2D eigenvalue weighted by Gasteiger charge is -2.06. The second-order valence-electron chi connectivity index (χ2n) is 5.85. The van der Waals surface area contributed by atoms with Gasteiger partial charge in [0.1, 0.15) is 17.3 Å². The number of hydrazone groups is 1. The summed E-state index contributed by atoms with van der Waals surface area (Å²) in [5.41, 5.74) is 2.54. The fourth-order valence-electron chi connectivity index (χ4n) is 2.53. The Morgan fingerprint density at radius 1 is 1.03 bits per heavy atom. The van der Waals surface area contributed by atoms with E-state index in [1.807, 2.05) is 0 Å². The number of nitrogens with one attached hydrogen (secondary N) is 1. The molecule has 152 valence electrons. The number of non-ortho nitro benzene ring substituents is 2. The van der Waals surface area contributed by atoms with Gasteiger partial charge >= 0.3 is 0 Å². The van der Waals surface area contributed by atoms with Crippen LogP contribution in [0.5, 0.6) is 5.75 Å². The van der Waals surface area contributed by atoms with Crippen molar-refractivity contribution in [1.82, 2.24) is 5.43 Å². The number of furan rings is 1. The number of hydrogen-bond acceptors (Lipinski definition) is 8. The Hall–Kier alpha value is -4.54. The lowest BCUT2D eigenvalue weighted by molar-refractivity contribution is -0.385. The van der Waals surface area contributed by atoms with Gasteiger partial charge in [-0.2, -0.15) is 5.10 Å². The third-order valence-electron chi connectivity index (χ3n) is 3.99. The number of ether oxygens (including phenoxy) is 1. The molecule has 11 nitrogen and oxygen atoms in total. The Balaban J connectivity index is 1.70. The molecule has 11 heteroatoms. The molecule has 2 aromatic carbocycles. The minimum absolute atomic E-state index is 0.0358. The summed E-state index contributed by atoms with van der Waals surface area (Å²) >= 11 is 0. The number of carbonyl (C=O) groups is 1. The number of carbonyl (C=O) groups excluding carboxylic acids is 1. The van der Waals surface area contributed by atoms with E-state index >= 15 is 0 Å². The molecule has 1 N–H and O–H groups in total. The van der Waals surface area contributed by atoms with Crippen LogP contribution in [0, 0.1) is 20.2 Å². The normalized spacial score (nSPS) is 10.7. The largest absolute Gasteiger partial charge is 0.496 e. The second kappa shape index (κ2) is 8.65. The van der Waals surface area contributed by atoms with E-state index in [2.05, 4.69) is 10.5 Å². The second-order valence-corrected chi connectivity index (χ2v) is 5.85.